The van der Waals surface area contributed by atoms with Crippen molar-refractivity contribution in [3.8, 4) is 22.6 Å². The Kier molecular flexibility index (Phi) is 5.68. The van der Waals surface area contributed by atoms with Crippen LogP contribution in [0.5, 0.6) is 0 Å². The van der Waals surface area contributed by atoms with E-state index in [4.69, 9.17) is 0 Å². The third kappa shape index (κ3) is 3.91. The van der Waals surface area contributed by atoms with Crippen LogP contribution in [-0.2, 0) is 9.59 Å². The van der Waals surface area contributed by atoms with Gasteiger partial charge in [0.25, 0.3) is 5.56 Å². The second-order valence-electron chi connectivity index (χ2n) is 9.20. The number of carbonyl (C=O) groups is 3. The molecule has 1 saturated heterocycles. The van der Waals surface area contributed by atoms with E-state index in [1.807, 2.05) is 42.5 Å². The maximum atomic E-state index is 14.3. The van der Waals surface area contributed by atoms with E-state index < -0.39 is 35.1 Å². The standard InChI is InChI=1S/C30H21FN4O4/c1-17-16-22-23(29(38)34(17)20-8-4-2-5-9-20)24(25-27(36)32-30(39)33-28(25)37)26(18-12-14-19(31)15-13-18)35(22)21-10-6-3-7-11-21/h2-16,25H,1H3,(H2,32,33,36,37,39). The molecule has 4 amide bonds. The van der Waals surface area contributed by atoms with Crippen molar-refractivity contribution in [2.24, 2.45) is 0 Å². The number of aryl methyl sites for hydroxylation is 1. The number of amides is 4. The number of rotatable bonds is 4. The maximum absolute atomic E-state index is 14.3. The van der Waals surface area contributed by atoms with Crippen molar-refractivity contribution in [3.05, 3.63) is 118 Å². The molecule has 39 heavy (non-hydrogen) atoms. The Morgan fingerprint density at radius 2 is 1.26 bits per heavy atom. The number of aromatic nitrogens is 2. The molecule has 0 aliphatic carbocycles. The Morgan fingerprint density at radius 1 is 0.718 bits per heavy atom. The molecular formula is C30H21FN4O4. The molecular weight excluding hydrogens is 499 g/mol. The number of nitrogens with one attached hydrogen (secondary N) is 2. The van der Waals surface area contributed by atoms with Gasteiger partial charge in [0.15, 0.2) is 0 Å². The molecule has 0 saturated carbocycles. The Hall–Kier alpha value is -5.31. The molecule has 2 aromatic heterocycles. The number of para-hydroxylation sites is 2. The Balaban J connectivity index is 1.82. The van der Waals surface area contributed by atoms with Crippen LogP contribution in [0.1, 0.15) is 17.2 Å². The molecule has 0 unspecified atom stereocenters. The number of imide groups is 2. The van der Waals surface area contributed by atoms with Gasteiger partial charge in [0, 0.05) is 22.6 Å². The van der Waals surface area contributed by atoms with Gasteiger partial charge in [-0.15, -0.1) is 0 Å². The number of halogens is 1. The molecule has 1 aliphatic rings. The molecule has 0 bridgehead atoms. The van der Waals surface area contributed by atoms with Gasteiger partial charge in [0.05, 0.1) is 16.6 Å². The van der Waals surface area contributed by atoms with Gasteiger partial charge in [-0.2, -0.15) is 0 Å². The summed E-state index contributed by atoms with van der Waals surface area (Å²) in [6, 6.07) is 24.6. The fourth-order valence-corrected chi connectivity index (χ4v) is 5.20. The zero-order valence-electron chi connectivity index (χ0n) is 20.6. The average Bonchev–Trinajstić information content (AvgIpc) is 3.24. The Labute approximate surface area is 221 Å². The molecule has 0 radical (unpaired) electrons. The lowest BCUT2D eigenvalue weighted by atomic mass is 9.91. The molecule has 3 aromatic carbocycles. The largest absolute Gasteiger partial charge is 0.328 e. The molecule has 192 valence electrons. The summed E-state index contributed by atoms with van der Waals surface area (Å²) >= 11 is 0. The van der Waals surface area contributed by atoms with Gasteiger partial charge in [0.1, 0.15) is 11.7 Å². The van der Waals surface area contributed by atoms with E-state index in [1.165, 1.54) is 28.8 Å². The summed E-state index contributed by atoms with van der Waals surface area (Å²) in [5, 5.41) is 4.43. The quantitative estimate of drug-likeness (QED) is 0.344. The minimum Gasteiger partial charge on any atom is -0.309 e. The molecule has 9 heteroatoms. The predicted molar refractivity (Wildman–Crippen MR) is 143 cm³/mol. The minimum atomic E-state index is -1.52. The van der Waals surface area contributed by atoms with E-state index in [-0.39, 0.29) is 10.9 Å². The van der Waals surface area contributed by atoms with Crippen molar-refractivity contribution in [1.82, 2.24) is 19.8 Å². The third-order valence-corrected chi connectivity index (χ3v) is 6.79. The summed E-state index contributed by atoms with van der Waals surface area (Å²) in [5.41, 5.74) is 2.88. The van der Waals surface area contributed by atoms with Gasteiger partial charge in [-0.1, -0.05) is 36.4 Å². The third-order valence-electron chi connectivity index (χ3n) is 6.79. The average molecular weight is 521 g/mol. The summed E-state index contributed by atoms with van der Waals surface area (Å²) in [6.07, 6.45) is 0. The van der Waals surface area contributed by atoms with Gasteiger partial charge in [-0.25, -0.2) is 9.18 Å². The summed E-state index contributed by atoms with van der Waals surface area (Å²) in [7, 11) is 0. The van der Waals surface area contributed by atoms with Crippen molar-refractivity contribution in [2.75, 3.05) is 0 Å². The van der Waals surface area contributed by atoms with Crippen LogP contribution in [0.15, 0.2) is 95.8 Å². The van der Waals surface area contributed by atoms with E-state index >= 15 is 0 Å². The van der Waals surface area contributed by atoms with Crippen LogP contribution in [0.3, 0.4) is 0 Å². The van der Waals surface area contributed by atoms with Crippen LogP contribution < -0.4 is 16.2 Å². The summed E-state index contributed by atoms with van der Waals surface area (Å²) in [5.74, 6) is -3.70. The lowest BCUT2D eigenvalue weighted by Gasteiger charge is -2.22. The lowest BCUT2D eigenvalue weighted by molar-refractivity contribution is -0.132. The first-order valence-corrected chi connectivity index (χ1v) is 12.2. The number of urea groups is 1. The molecule has 8 nitrogen and oxygen atoms in total. The second kappa shape index (κ2) is 9.21. The summed E-state index contributed by atoms with van der Waals surface area (Å²) in [6.45, 7) is 1.80. The predicted octanol–water partition coefficient (Wildman–Crippen LogP) is 4.35. The zero-order valence-corrected chi connectivity index (χ0v) is 20.6. The topological polar surface area (TPSA) is 102 Å². The van der Waals surface area contributed by atoms with Gasteiger partial charge < -0.3 is 4.57 Å². The van der Waals surface area contributed by atoms with Gasteiger partial charge in [0.2, 0.25) is 11.8 Å². The number of pyridine rings is 1. The van der Waals surface area contributed by atoms with Crippen LogP contribution in [0.4, 0.5) is 9.18 Å². The van der Waals surface area contributed by atoms with Gasteiger partial charge in [-0.3, -0.25) is 29.6 Å². The fraction of sp³-hybridized carbons (Fsp3) is 0.0667. The van der Waals surface area contributed by atoms with Crippen LogP contribution >= 0.6 is 0 Å². The zero-order chi connectivity index (χ0) is 27.3. The van der Waals surface area contributed by atoms with E-state index in [1.54, 1.807) is 35.8 Å². The first kappa shape index (κ1) is 24.1. The Morgan fingerprint density at radius 3 is 1.82 bits per heavy atom. The maximum Gasteiger partial charge on any atom is 0.328 e. The van der Waals surface area contributed by atoms with Crippen molar-refractivity contribution < 1.29 is 18.8 Å². The number of barbiturate groups is 1. The first-order valence-electron chi connectivity index (χ1n) is 12.2. The monoisotopic (exact) mass is 520 g/mol. The molecule has 0 spiro atoms. The van der Waals surface area contributed by atoms with Gasteiger partial charge in [-0.05, 0) is 67.1 Å². The van der Waals surface area contributed by atoms with Crippen molar-refractivity contribution in [3.63, 3.8) is 0 Å². The number of hydrogen-bond acceptors (Lipinski definition) is 4. The van der Waals surface area contributed by atoms with E-state index in [2.05, 4.69) is 10.6 Å². The normalized spacial score (nSPS) is 13.9. The van der Waals surface area contributed by atoms with Crippen molar-refractivity contribution in [1.29, 1.82) is 0 Å². The minimum absolute atomic E-state index is 0.123. The molecule has 6 rings (SSSR count). The molecule has 2 N–H and O–H groups in total. The smallest absolute Gasteiger partial charge is 0.309 e. The van der Waals surface area contributed by atoms with E-state index in [0.29, 0.717) is 33.8 Å². The number of carbonyl (C=O) groups excluding carboxylic acids is 3. The highest BCUT2D eigenvalue weighted by molar-refractivity contribution is 6.21. The number of fused-ring (bicyclic) bond motifs is 1. The van der Waals surface area contributed by atoms with Crippen LogP contribution in [0, 0.1) is 12.7 Å². The van der Waals surface area contributed by atoms with E-state index in [0.717, 1.165) is 0 Å². The molecule has 5 aromatic rings. The molecule has 1 aliphatic heterocycles. The number of benzene rings is 3. The van der Waals surface area contributed by atoms with Crippen LogP contribution in [0.25, 0.3) is 33.5 Å². The Bertz CT molecular complexity index is 1820. The molecule has 3 heterocycles. The summed E-state index contributed by atoms with van der Waals surface area (Å²) in [4.78, 5) is 52.7. The fourth-order valence-electron chi connectivity index (χ4n) is 5.20. The lowest BCUT2D eigenvalue weighted by Crippen LogP contribution is -2.54. The number of hydrogen-bond donors (Lipinski definition) is 2. The van der Waals surface area contributed by atoms with E-state index in [9.17, 15) is 23.6 Å². The highest BCUT2D eigenvalue weighted by Crippen LogP contribution is 2.40. The second-order valence-corrected chi connectivity index (χ2v) is 9.20. The first-order chi connectivity index (χ1) is 18.8. The molecule has 0 atom stereocenters. The summed E-state index contributed by atoms with van der Waals surface area (Å²) < 4.78 is 17.3. The van der Waals surface area contributed by atoms with Crippen molar-refractivity contribution >= 4 is 28.7 Å². The highest BCUT2D eigenvalue weighted by Gasteiger charge is 2.41. The SMILES string of the molecule is Cc1cc2c(c(C3C(=O)NC(=O)NC3=O)c(-c3ccc(F)cc3)n2-c2ccccc2)c(=O)n1-c1ccccc1. The molecule has 1 fully saturated rings. The van der Waals surface area contributed by atoms with Crippen LogP contribution in [0.2, 0.25) is 0 Å². The van der Waals surface area contributed by atoms with Crippen LogP contribution in [-0.4, -0.2) is 27.0 Å². The number of nitrogens with zero attached hydrogens (tertiary/aromatic N) is 2. The van der Waals surface area contributed by atoms with Crippen molar-refractivity contribution in [2.45, 2.75) is 12.8 Å². The van der Waals surface area contributed by atoms with Gasteiger partial charge >= 0.3 is 6.03 Å². The highest BCUT2D eigenvalue weighted by atomic mass is 19.1.